The Morgan fingerprint density at radius 2 is 1.95 bits per heavy atom. The number of carbonyl (C=O) groups is 2. The van der Waals surface area contributed by atoms with Gasteiger partial charge >= 0.3 is 0 Å². The monoisotopic (exact) mass is 305 g/mol. The van der Waals surface area contributed by atoms with Crippen LogP contribution in [0.15, 0.2) is 24.3 Å². The van der Waals surface area contributed by atoms with Gasteiger partial charge in [0.25, 0.3) is 5.91 Å². The van der Waals surface area contributed by atoms with Crippen molar-refractivity contribution in [2.45, 2.75) is 6.92 Å². The summed E-state index contributed by atoms with van der Waals surface area (Å²) < 4.78 is 5.54. The second kappa shape index (κ2) is 7.79. The molecule has 0 aliphatic carbocycles. The van der Waals surface area contributed by atoms with E-state index in [0.717, 1.165) is 5.56 Å². The number of likely N-dealkylation sites (N-methyl/N-ethyl adjacent to an activating group) is 1. The highest BCUT2D eigenvalue weighted by molar-refractivity contribution is 5.78. The van der Waals surface area contributed by atoms with E-state index in [-0.39, 0.29) is 18.4 Å². The van der Waals surface area contributed by atoms with Gasteiger partial charge in [-0.25, -0.2) is 0 Å². The van der Waals surface area contributed by atoms with E-state index in [1.807, 2.05) is 36.1 Å². The molecule has 6 heteroatoms. The van der Waals surface area contributed by atoms with Crippen LogP contribution < -0.4 is 10.1 Å². The summed E-state index contributed by atoms with van der Waals surface area (Å²) in [5.74, 6) is 0.704. The quantitative estimate of drug-likeness (QED) is 0.848. The Kier molecular flexibility index (Phi) is 5.77. The average molecular weight is 305 g/mol. The predicted molar refractivity (Wildman–Crippen MR) is 83.8 cm³/mol. The molecule has 0 radical (unpaired) electrons. The summed E-state index contributed by atoms with van der Waals surface area (Å²) in [6.07, 6.45) is 0. The Morgan fingerprint density at radius 3 is 2.59 bits per heavy atom. The van der Waals surface area contributed by atoms with Gasteiger partial charge in [-0.1, -0.05) is 12.1 Å². The molecule has 1 saturated heterocycles. The molecule has 0 saturated carbocycles. The molecule has 22 heavy (non-hydrogen) atoms. The molecule has 1 heterocycles. The first-order valence-electron chi connectivity index (χ1n) is 7.48. The molecule has 120 valence electrons. The SMILES string of the molecule is CNC(=O)CN1CCN(C(=O)COc2cccc(C)c2)CC1. The van der Waals surface area contributed by atoms with Crippen molar-refractivity contribution in [3.63, 3.8) is 0 Å². The third-order valence-corrected chi connectivity index (χ3v) is 3.72. The van der Waals surface area contributed by atoms with Gasteiger partial charge in [-0.2, -0.15) is 0 Å². The molecule has 1 aromatic rings. The van der Waals surface area contributed by atoms with Crippen molar-refractivity contribution in [2.75, 3.05) is 46.4 Å². The molecule has 6 nitrogen and oxygen atoms in total. The van der Waals surface area contributed by atoms with Crippen LogP contribution in [0.3, 0.4) is 0 Å². The Hall–Kier alpha value is -2.08. The molecule has 1 fully saturated rings. The molecular weight excluding hydrogens is 282 g/mol. The summed E-state index contributed by atoms with van der Waals surface area (Å²) >= 11 is 0. The van der Waals surface area contributed by atoms with Crippen molar-refractivity contribution >= 4 is 11.8 Å². The van der Waals surface area contributed by atoms with Gasteiger partial charge in [-0.15, -0.1) is 0 Å². The van der Waals surface area contributed by atoms with Gasteiger partial charge in [-0.3, -0.25) is 14.5 Å². The Morgan fingerprint density at radius 1 is 1.23 bits per heavy atom. The fraction of sp³-hybridized carbons (Fsp3) is 0.500. The van der Waals surface area contributed by atoms with Crippen LogP contribution in [0.4, 0.5) is 0 Å². The minimum atomic E-state index is -0.0129. The molecule has 1 aromatic carbocycles. The van der Waals surface area contributed by atoms with E-state index in [4.69, 9.17) is 4.74 Å². The van der Waals surface area contributed by atoms with Gasteiger partial charge in [0.2, 0.25) is 5.91 Å². The van der Waals surface area contributed by atoms with Crippen molar-refractivity contribution in [1.82, 2.24) is 15.1 Å². The lowest BCUT2D eigenvalue weighted by atomic mass is 10.2. The normalized spacial score (nSPS) is 15.5. The van der Waals surface area contributed by atoms with Gasteiger partial charge in [0.1, 0.15) is 5.75 Å². The average Bonchev–Trinajstić information content (AvgIpc) is 2.53. The standard InChI is InChI=1S/C16H23N3O3/c1-13-4-3-5-14(10-13)22-12-16(21)19-8-6-18(7-9-19)11-15(20)17-2/h3-5,10H,6-9,11-12H2,1-2H3,(H,17,20). The van der Waals surface area contributed by atoms with Crippen LogP contribution in [0.25, 0.3) is 0 Å². The first kappa shape index (κ1) is 16.3. The number of nitrogens with zero attached hydrogens (tertiary/aromatic N) is 2. The molecular formula is C16H23N3O3. The van der Waals surface area contributed by atoms with Crippen LogP contribution in [-0.2, 0) is 9.59 Å². The maximum absolute atomic E-state index is 12.1. The molecule has 0 unspecified atom stereocenters. The van der Waals surface area contributed by atoms with Crippen LogP contribution in [0, 0.1) is 6.92 Å². The molecule has 1 aliphatic rings. The molecule has 0 bridgehead atoms. The number of nitrogens with one attached hydrogen (secondary N) is 1. The lowest BCUT2D eigenvalue weighted by Gasteiger charge is -2.34. The topological polar surface area (TPSA) is 61.9 Å². The van der Waals surface area contributed by atoms with E-state index in [0.29, 0.717) is 38.5 Å². The highest BCUT2D eigenvalue weighted by Gasteiger charge is 2.22. The number of amides is 2. The van der Waals surface area contributed by atoms with Gasteiger partial charge in [0.05, 0.1) is 6.54 Å². The summed E-state index contributed by atoms with van der Waals surface area (Å²) in [4.78, 5) is 27.3. The number of aryl methyl sites for hydroxylation is 1. The first-order chi connectivity index (χ1) is 10.6. The molecule has 0 atom stereocenters. The van der Waals surface area contributed by atoms with Gasteiger partial charge < -0.3 is 15.0 Å². The molecule has 0 spiro atoms. The molecule has 1 N–H and O–H groups in total. The lowest BCUT2D eigenvalue weighted by Crippen LogP contribution is -2.51. The van der Waals surface area contributed by atoms with Crippen molar-refractivity contribution in [2.24, 2.45) is 0 Å². The summed E-state index contributed by atoms with van der Waals surface area (Å²) in [6.45, 7) is 5.12. The largest absolute Gasteiger partial charge is 0.484 e. The van der Waals surface area contributed by atoms with Crippen molar-refractivity contribution in [3.05, 3.63) is 29.8 Å². The number of piperazine rings is 1. The van der Waals surface area contributed by atoms with Crippen LogP contribution >= 0.6 is 0 Å². The van der Waals surface area contributed by atoms with Crippen LogP contribution in [0.1, 0.15) is 5.56 Å². The second-order valence-electron chi connectivity index (χ2n) is 5.44. The first-order valence-corrected chi connectivity index (χ1v) is 7.48. The summed E-state index contributed by atoms with van der Waals surface area (Å²) in [5, 5.41) is 2.61. The Bertz CT molecular complexity index is 525. The van der Waals surface area contributed by atoms with E-state index in [1.165, 1.54) is 0 Å². The van der Waals surface area contributed by atoms with E-state index in [1.54, 1.807) is 11.9 Å². The Balaban J connectivity index is 1.74. The zero-order valence-corrected chi connectivity index (χ0v) is 13.2. The summed E-state index contributed by atoms with van der Waals surface area (Å²) in [6, 6.07) is 7.66. The minimum Gasteiger partial charge on any atom is -0.484 e. The lowest BCUT2D eigenvalue weighted by molar-refractivity contribution is -0.135. The highest BCUT2D eigenvalue weighted by Crippen LogP contribution is 2.12. The van der Waals surface area contributed by atoms with Crippen molar-refractivity contribution < 1.29 is 14.3 Å². The number of hydrogen-bond acceptors (Lipinski definition) is 4. The molecule has 0 aromatic heterocycles. The number of hydrogen-bond donors (Lipinski definition) is 1. The number of carbonyl (C=O) groups excluding carboxylic acids is 2. The predicted octanol–water partition coefficient (Wildman–Crippen LogP) is 0.264. The van der Waals surface area contributed by atoms with Crippen LogP contribution in [-0.4, -0.2) is 68.0 Å². The summed E-state index contributed by atoms with van der Waals surface area (Å²) in [7, 11) is 1.63. The maximum Gasteiger partial charge on any atom is 0.260 e. The van der Waals surface area contributed by atoms with Gasteiger partial charge in [-0.05, 0) is 24.6 Å². The molecule has 2 rings (SSSR count). The minimum absolute atomic E-state index is 0.00237. The third-order valence-electron chi connectivity index (χ3n) is 3.72. The van der Waals surface area contributed by atoms with Gasteiger partial charge in [0.15, 0.2) is 6.61 Å². The Labute approximate surface area is 131 Å². The fourth-order valence-corrected chi connectivity index (χ4v) is 2.38. The van der Waals surface area contributed by atoms with E-state index in [9.17, 15) is 9.59 Å². The summed E-state index contributed by atoms with van der Waals surface area (Å²) in [5.41, 5.74) is 1.10. The fourth-order valence-electron chi connectivity index (χ4n) is 2.38. The number of ether oxygens (including phenoxy) is 1. The van der Waals surface area contributed by atoms with Crippen molar-refractivity contribution in [1.29, 1.82) is 0 Å². The third kappa shape index (κ3) is 4.73. The molecule has 2 amide bonds. The smallest absolute Gasteiger partial charge is 0.260 e. The molecule has 1 aliphatic heterocycles. The van der Waals surface area contributed by atoms with Gasteiger partial charge in [0, 0.05) is 33.2 Å². The van der Waals surface area contributed by atoms with Crippen molar-refractivity contribution in [3.8, 4) is 5.75 Å². The van der Waals surface area contributed by atoms with E-state index < -0.39 is 0 Å². The van der Waals surface area contributed by atoms with Crippen LogP contribution in [0.2, 0.25) is 0 Å². The van der Waals surface area contributed by atoms with E-state index in [2.05, 4.69) is 5.32 Å². The zero-order chi connectivity index (χ0) is 15.9. The number of rotatable bonds is 5. The highest BCUT2D eigenvalue weighted by atomic mass is 16.5. The second-order valence-corrected chi connectivity index (χ2v) is 5.44. The maximum atomic E-state index is 12.1. The van der Waals surface area contributed by atoms with E-state index >= 15 is 0 Å². The van der Waals surface area contributed by atoms with Crippen LogP contribution in [0.5, 0.6) is 5.75 Å². The number of benzene rings is 1. The zero-order valence-electron chi connectivity index (χ0n) is 13.2.